The van der Waals surface area contributed by atoms with Crippen LogP contribution in [0.15, 0.2) is 12.2 Å². The first-order valence-corrected chi connectivity index (χ1v) is 23.9. The summed E-state index contributed by atoms with van der Waals surface area (Å²) in [6, 6.07) is 0.367. The third-order valence-corrected chi connectivity index (χ3v) is 20.9. The van der Waals surface area contributed by atoms with Crippen molar-refractivity contribution < 1.29 is 24.2 Å². The first-order valence-electron chi connectivity index (χ1n) is 23.9. The Labute approximate surface area is 346 Å². The molecule has 0 bridgehead atoms. The number of likely N-dealkylation sites (tertiary alicyclic amines) is 2. The Morgan fingerprint density at radius 3 is 2.12 bits per heavy atom. The molecule has 1 N–H and O–H groups in total. The first kappa shape index (κ1) is 41.8. The number of piperidine rings is 1. The zero-order chi connectivity index (χ0) is 41.1. The summed E-state index contributed by atoms with van der Waals surface area (Å²) in [5.41, 5.74) is 0.805. The van der Waals surface area contributed by atoms with Gasteiger partial charge in [0.25, 0.3) is 0 Å². The lowest BCUT2D eigenvalue weighted by atomic mass is 9.32. The fourth-order valence-corrected chi connectivity index (χ4v) is 17.1. The molecule has 0 spiro atoms. The maximum Gasteiger partial charge on any atom is 0.309 e. The number of carbonyl (C=O) groups excluding carboxylic acids is 2. The molecular weight excluding hydrogens is 709 g/mol. The molecule has 8 fully saturated rings. The molecule has 0 aromatic carbocycles. The Hall–Kier alpha value is -1.89. The van der Waals surface area contributed by atoms with Crippen LogP contribution < -0.4 is 0 Å². The van der Waals surface area contributed by atoms with Gasteiger partial charge in [-0.1, -0.05) is 74.0 Å². The molecule has 57 heavy (non-hydrogen) atoms. The third-order valence-electron chi connectivity index (χ3n) is 20.9. The Kier molecular flexibility index (Phi) is 10.5. The lowest BCUT2D eigenvalue weighted by Gasteiger charge is -2.73. The van der Waals surface area contributed by atoms with Gasteiger partial charge in [-0.25, -0.2) is 0 Å². The van der Waals surface area contributed by atoms with Crippen LogP contribution in [0.5, 0.6) is 0 Å². The number of hydrogen-bond donors (Lipinski definition) is 1. The molecule has 320 valence electrons. The van der Waals surface area contributed by atoms with Gasteiger partial charge in [0, 0.05) is 24.5 Å². The van der Waals surface area contributed by atoms with E-state index in [0.29, 0.717) is 48.0 Å². The van der Waals surface area contributed by atoms with Gasteiger partial charge in [0.15, 0.2) is 0 Å². The van der Waals surface area contributed by atoms with Crippen molar-refractivity contribution in [2.24, 2.45) is 79.8 Å². The Morgan fingerprint density at radius 2 is 1.47 bits per heavy atom. The number of hydrogen-bond acceptors (Lipinski definition) is 5. The predicted molar refractivity (Wildman–Crippen MR) is 226 cm³/mol. The highest BCUT2D eigenvalue weighted by molar-refractivity contribution is 5.85. The summed E-state index contributed by atoms with van der Waals surface area (Å²) >= 11 is 0. The summed E-state index contributed by atoms with van der Waals surface area (Å²) in [5.74, 6) is 1.95. The Morgan fingerprint density at radius 1 is 0.754 bits per heavy atom. The van der Waals surface area contributed by atoms with Crippen molar-refractivity contribution in [3.05, 3.63) is 12.2 Å². The summed E-state index contributed by atoms with van der Waals surface area (Å²) in [6.45, 7) is 30.2. The number of ether oxygens (including phenoxy) is 1. The maximum absolute atomic E-state index is 15.4. The minimum Gasteiger partial charge on any atom is -0.481 e. The van der Waals surface area contributed by atoms with Gasteiger partial charge in [0.05, 0.1) is 17.3 Å². The Balaban J connectivity index is 1.02. The predicted octanol–water partition coefficient (Wildman–Crippen LogP) is 10.4. The number of carbonyl (C=O) groups is 3. The second kappa shape index (κ2) is 14.4. The highest BCUT2D eigenvalue weighted by atomic mass is 16.5. The van der Waals surface area contributed by atoms with E-state index in [0.717, 1.165) is 76.8 Å². The number of nitrogens with zero attached hydrogens (tertiary/aromatic N) is 2. The average Bonchev–Trinajstić information content (AvgIpc) is 3.78. The lowest BCUT2D eigenvalue weighted by molar-refractivity contribution is -0.251. The molecule has 2 heterocycles. The molecular formula is C50H80N2O5. The van der Waals surface area contributed by atoms with Crippen LogP contribution in [0.1, 0.15) is 165 Å². The summed E-state index contributed by atoms with van der Waals surface area (Å²) < 4.78 is 6.47. The van der Waals surface area contributed by atoms with E-state index < -0.39 is 17.3 Å². The molecule has 13 atom stereocenters. The van der Waals surface area contributed by atoms with Crippen LogP contribution in [0.2, 0.25) is 0 Å². The number of aliphatic carboxylic acids is 1. The molecule has 2 saturated heterocycles. The monoisotopic (exact) mass is 789 g/mol. The van der Waals surface area contributed by atoms with E-state index in [1.807, 2.05) is 13.8 Å². The van der Waals surface area contributed by atoms with Gasteiger partial charge < -0.3 is 19.6 Å². The number of allylic oxidation sites excluding steroid dienone is 1. The maximum atomic E-state index is 15.4. The third kappa shape index (κ3) is 6.11. The molecule has 0 aromatic rings. The molecule has 7 nitrogen and oxygen atoms in total. The summed E-state index contributed by atoms with van der Waals surface area (Å²) in [6.07, 6.45) is 17.5. The molecule has 8 aliphatic rings. The van der Waals surface area contributed by atoms with Crippen LogP contribution in [0, 0.1) is 79.8 Å². The van der Waals surface area contributed by atoms with Gasteiger partial charge in [-0.3, -0.25) is 14.4 Å². The minimum absolute atomic E-state index is 0.146. The van der Waals surface area contributed by atoms with Crippen molar-refractivity contribution in [1.82, 2.24) is 9.80 Å². The second-order valence-electron chi connectivity index (χ2n) is 23.6. The quantitative estimate of drug-likeness (QED) is 0.195. The van der Waals surface area contributed by atoms with E-state index in [9.17, 15) is 14.7 Å². The van der Waals surface area contributed by atoms with Gasteiger partial charge >= 0.3 is 11.9 Å². The summed E-state index contributed by atoms with van der Waals surface area (Å²) in [7, 11) is 0. The van der Waals surface area contributed by atoms with E-state index in [1.165, 1.54) is 57.2 Å². The number of rotatable bonds is 8. The molecule has 0 unspecified atom stereocenters. The highest BCUT2D eigenvalue weighted by Gasteiger charge is 2.72. The van der Waals surface area contributed by atoms with Crippen LogP contribution in [0.3, 0.4) is 0 Å². The van der Waals surface area contributed by atoms with Crippen LogP contribution in [0.4, 0.5) is 0 Å². The molecule has 6 saturated carbocycles. The van der Waals surface area contributed by atoms with E-state index in [4.69, 9.17) is 4.74 Å². The zero-order valence-corrected chi connectivity index (χ0v) is 37.6. The normalized spacial score (nSPS) is 46.5. The van der Waals surface area contributed by atoms with Gasteiger partial charge in [0.2, 0.25) is 5.91 Å². The SMILES string of the molecule is C=C(C)[C@@H]1CC[C@]2(C(=O)N3CCC[C@H]3CN3CCC(CC)CC3)CC[C@]3(C)[C@H](CC[C@@H]4[C@@]5(C)CC[C@H](OC(=O)[C@H]6C[C@@H](C(=O)O)C6(C)C)C(C)(C)[C@@H]5CC[C@]43C)[C@@H]12. The Bertz CT molecular complexity index is 1610. The smallest absolute Gasteiger partial charge is 0.309 e. The molecule has 0 aromatic heterocycles. The van der Waals surface area contributed by atoms with E-state index >= 15 is 4.79 Å². The van der Waals surface area contributed by atoms with Crippen molar-refractivity contribution in [2.45, 2.75) is 177 Å². The van der Waals surface area contributed by atoms with Crippen LogP contribution in [0.25, 0.3) is 0 Å². The second-order valence-corrected chi connectivity index (χ2v) is 23.6. The molecule has 8 rings (SSSR count). The van der Waals surface area contributed by atoms with Crippen molar-refractivity contribution in [2.75, 3.05) is 26.2 Å². The fourth-order valence-electron chi connectivity index (χ4n) is 17.1. The summed E-state index contributed by atoms with van der Waals surface area (Å²) in [5, 5.41) is 9.70. The topological polar surface area (TPSA) is 87.2 Å². The van der Waals surface area contributed by atoms with Gasteiger partial charge in [0.1, 0.15) is 6.10 Å². The molecule has 2 aliphatic heterocycles. The zero-order valence-electron chi connectivity index (χ0n) is 37.6. The van der Waals surface area contributed by atoms with Crippen molar-refractivity contribution in [1.29, 1.82) is 0 Å². The summed E-state index contributed by atoms with van der Waals surface area (Å²) in [4.78, 5) is 46.1. The van der Waals surface area contributed by atoms with Crippen molar-refractivity contribution >= 4 is 17.8 Å². The minimum atomic E-state index is -0.807. The van der Waals surface area contributed by atoms with Crippen molar-refractivity contribution in [3.8, 4) is 0 Å². The number of carboxylic acid groups (broad SMARTS) is 1. The van der Waals surface area contributed by atoms with E-state index in [1.54, 1.807) is 0 Å². The van der Waals surface area contributed by atoms with Crippen molar-refractivity contribution in [3.63, 3.8) is 0 Å². The fraction of sp³-hybridized carbons (Fsp3) is 0.900. The first-order chi connectivity index (χ1) is 26.8. The van der Waals surface area contributed by atoms with Crippen LogP contribution in [-0.4, -0.2) is 71.1 Å². The van der Waals surface area contributed by atoms with Gasteiger partial charge in [-0.05, 0) is 173 Å². The molecule has 7 heteroatoms. The highest BCUT2D eigenvalue weighted by Crippen LogP contribution is 2.78. The number of carboxylic acids is 1. The average molecular weight is 789 g/mol. The largest absolute Gasteiger partial charge is 0.481 e. The number of fused-ring (bicyclic) bond motifs is 7. The lowest BCUT2D eigenvalue weighted by Crippen LogP contribution is -2.67. The van der Waals surface area contributed by atoms with E-state index in [2.05, 4.69) is 64.8 Å². The van der Waals surface area contributed by atoms with Crippen LogP contribution in [-0.2, 0) is 19.1 Å². The molecule has 0 radical (unpaired) electrons. The molecule has 1 amide bonds. The number of esters is 1. The van der Waals surface area contributed by atoms with Gasteiger partial charge in [-0.15, -0.1) is 0 Å². The van der Waals surface area contributed by atoms with E-state index in [-0.39, 0.29) is 45.1 Å². The number of amides is 1. The van der Waals surface area contributed by atoms with Gasteiger partial charge in [-0.2, -0.15) is 0 Å². The standard InChI is InChI=1S/C50H80N2O5/c1-11-32-19-27-51(28-20-32)30-33-13-12-26-52(33)44(56)50-23-16-34(31(2)3)41(50)35-14-15-39-47(8)21-18-40(57-43(55)37-29-36(42(53)54)45(37,4)5)46(6,7)38(47)17-22-49(39,10)48(35,9)24-25-50/h32-41H,2,11-30H2,1,3-10H3,(H,53,54)/t33-,34-,35+,36-,37+,38-,39+,40-,41+,47-,48+,49+,50-/m0/s1. The molecule has 6 aliphatic carbocycles. The van der Waals surface area contributed by atoms with Crippen LogP contribution >= 0.6 is 0 Å².